The number of nitrogens with one attached hydrogen (secondary N) is 1. The van der Waals surface area contributed by atoms with E-state index in [2.05, 4.69) is 5.32 Å². The quantitative estimate of drug-likeness (QED) is 0.782. The van der Waals surface area contributed by atoms with Crippen LogP contribution in [0.15, 0.2) is 24.3 Å². The molecule has 1 atom stereocenters. The predicted molar refractivity (Wildman–Crippen MR) is 60.6 cm³/mol. The van der Waals surface area contributed by atoms with Crippen molar-refractivity contribution in [3.8, 4) is 5.75 Å². The van der Waals surface area contributed by atoms with E-state index in [-0.39, 0.29) is 11.7 Å². The number of para-hydroxylation sites is 1. The van der Waals surface area contributed by atoms with Gasteiger partial charge in [-0.15, -0.1) is 0 Å². The Balaban J connectivity index is 2.91. The molecule has 0 heterocycles. The van der Waals surface area contributed by atoms with Gasteiger partial charge in [0.05, 0.1) is 18.7 Å². The summed E-state index contributed by atoms with van der Waals surface area (Å²) >= 11 is 0. The molecule has 0 fully saturated rings. The molecule has 1 unspecified atom stereocenters. The maximum Gasteiger partial charge on any atom is 0.217 e. The molecule has 0 radical (unpaired) electrons. The zero-order chi connectivity index (χ0) is 12.1. The monoisotopic (exact) mass is 221 g/mol. The third kappa shape index (κ3) is 2.82. The Kier molecular flexibility index (Phi) is 4.05. The minimum absolute atomic E-state index is 0.160. The molecule has 0 aromatic heterocycles. The van der Waals surface area contributed by atoms with Gasteiger partial charge < -0.3 is 10.1 Å². The van der Waals surface area contributed by atoms with E-state index < -0.39 is 6.04 Å². The standard InChI is InChI=1S/C12H15NO3/c1-8(13-9(2)14)12(15)10-6-4-5-7-11(10)16-3/h4-8H,1-3H3,(H,13,14). The summed E-state index contributed by atoms with van der Waals surface area (Å²) in [6.45, 7) is 3.03. The molecule has 86 valence electrons. The van der Waals surface area contributed by atoms with Crippen LogP contribution in [0.3, 0.4) is 0 Å². The van der Waals surface area contributed by atoms with Crippen molar-refractivity contribution in [2.24, 2.45) is 0 Å². The Morgan fingerprint density at radius 1 is 1.31 bits per heavy atom. The molecule has 4 heteroatoms. The van der Waals surface area contributed by atoms with Crippen molar-refractivity contribution >= 4 is 11.7 Å². The molecule has 0 saturated heterocycles. The van der Waals surface area contributed by atoms with Crippen LogP contribution in [-0.2, 0) is 4.79 Å². The SMILES string of the molecule is COc1ccccc1C(=O)C(C)NC(C)=O. The Bertz CT molecular complexity index is 401. The van der Waals surface area contributed by atoms with Gasteiger partial charge in [-0.3, -0.25) is 9.59 Å². The Hall–Kier alpha value is -1.84. The van der Waals surface area contributed by atoms with Crippen LogP contribution in [0.4, 0.5) is 0 Å². The normalized spacial score (nSPS) is 11.7. The van der Waals surface area contributed by atoms with Gasteiger partial charge >= 0.3 is 0 Å². The van der Waals surface area contributed by atoms with E-state index in [1.54, 1.807) is 31.2 Å². The molecule has 0 aliphatic rings. The first-order valence-electron chi connectivity index (χ1n) is 5.00. The third-order valence-electron chi connectivity index (χ3n) is 2.19. The number of ketones is 1. The van der Waals surface area contributed by atoms with Gasteiger partial charge in [0.2, 0.25) is 5.91 Å². The van der Waals surface area contributed by atoms with Gasteiger partial charge in [0.25, 0.3) is 0 Å². The minimum atomic E-state index is -0.547. The van der Waals surface area contributed by atoms with E-state index in [1.807, 2.05) is 0 Å². The van der Waals surface area contributed by atoms with Crippen molar-refractivity contribution in [1.82, 2.24) is 5.32 Å². The highest BCUT2D eigenvalue weighted by Crippen LogP contribution is 2.18. The molecule has 1 aromatic carbocycles. The van der Waals surface area contributed by atoms with Gasteiger partial charge in [0.1, 0.15) is 5.75 Å². The molecule has 16 heavy (non-hydrogen) atoms. The zero-order valence-corrected chi connectivity index (χ0v) is 9.61. The van der Waals surface area contributed by atoms with Crippen molar-refractivity contribution < 1.29 is 14.3 Å². The lowest BCUT2D eigenvalue weighted by Gasteiger charge is -2.13. The lowest BCUT2D eigenvalue weighted by molar-refractivity contribution is -0.119. The van der Waals surface area contributed by atoms with E-state index in [4.69, 9.17) is 4.74 Å². The van der Waals surface area contributed by atoms with E-state index in [0.717, 1.165) is 0 Å². The number of carbonyl (C=O) groups is 2. The molecular formula is C12H15NO3. The van der Waals surface area contributed by atoms with Gasteiger partial charge in [-0.05, 0) is 19.1 Å². The molecule has 4 nitrogen and oxygen atoms in total. The first kappa shape index (κ1) is 12.2. The van der Waals surface area contributed by atoms with Crippen molar-refractivity contribution in [1.29, 1.82) is 0 Å². The zero-order valence-electron chi connectivity index (χ0n) is 9.61. The molecule has 1 aromatic rings. The van der Waals surface area contributed by atoms with Crippen molar-refractivity contribution in [3.63, 3.8) is 0 Å². The second kappa shape index (κ2) is 5.30. The minimum Gasteiger partial charge on any atom is -0.496 e. The van der Waals surface area contributed by atoms with E-state index in [0.29, 0.717) is 11.3 Å². The summed E-state index contributed by atoms with van der Waals surface area (Å²) in [6.07, 6.45) is 0. The summed E-state index contributed by atoms with van der Waals surface area (Å²) in [4.78, 5) is 22.8. The Morgan fingerprint density at radius 2 is 1.94 bits per heavy atom. The largest absolute Gasteiger partial charge is 0.496 e. The van der Waals surface area contributed by atoms with Gasteiger partial charge in [0, 0.05) is 6.92 Å². The second-order valence-corrected chi connectivity index (χ2v) is 3.49. The van der Waals surface area contributed by atoms with E-state index in [1.165, 1.54) is 14.0 Å². The van der Waals surface area contributed by atoms with Crippen LogP contribution in [0.5, 0.6) is 5.75 Å². The highest BCUT2D eigenvalue weighted by molar-refractivity contribution is 6.03. The molecule has 0 saturated carbocycles. The number of benzene rings is 1. The average Bonchev–Trinajstić information content (AvgIpc) is 2.27. The van der Waals surface area contributed by atoms with Crippen LogP contribution in [0.1, 0.15) is 24.2 Å². The highest BCUT2D eigenvalue weighted by Gasteiger charge is 2.18. The molecule has 0 aliphatic heterocycles. The number of Topliss-reactive ketones (excluding diaryl/α,β-unsaturated/α-hetero) is 1. The number of methoxy groups -OCH3 is 1. The number of hydrogen-bond acceptors (Lipinski definition) is 3. The summed E-state index contributed by atoms with van der Waals surface area (Å²) in [5.41, 5.74) is 0.478. The number of carbonyl (C=O) groups excluding carboxylic acids is 2. The molecule has 1 rings (SSSR count). The fourth-order valence-corrected chi connectivity index (χ4v) is 1.45. The molecule has 0 spiro atoms. The summed E-state index contributed by atoms with van der Waals surface area (Å²) in [6, 6.07) is 6.40. The molecule has 0 bridgehead atoms. The van der Waals surface area contributed by atoms with Crippen molar-refractivity contribution in [2.45, 2.75) is 19.9 Å². The van der Waals surface area contributed by atoms with Crippen molar-refractivity contribution in [3.05, 3.63) is 29.8 Å². The number of hydrogen-bond donors (Lipinski definition) is 1. The van der Waals surface area contributed by atoms with Crippen LogP contribution in [-0.4, -0.2) is 24.8 Å². The second-order valence-electron chi connectivity index (χ2n) is 3.49. The smallest absolute Gasteiger partial charge is 0.217 e. The van der Waals surface area contributed by atoms with Crippen molar-refractivity contribution in [2.75, 3.05) is 7.11 Å². The summed E-state index contributed by atoms with van der Waals surface area (Å²) in [7, 11) is 1.51. The Morgan fingerprint density at radius 3 is 2.50 bits per heavy atom. The average molecular weight is 221 g/mol. The first-order chi connectivity index (χ1) is 7.56. The van der Waals surface area contributed by atoms with Crippen LogP contribution < -0.4 is 10.1 Å². The molecular weight excluding hydrogens is 206 g/mol. The predicted octanol–water partition coefficient (Wildman–Crippen LogP) is 1.40. The van der Waals surface area contributed by atoms with Gasteiger partial charge in [-0.2, -0.15) is 0 Å². The summed E-state index contributed by atoms with van der Waals surface area (Å²) in [5, 5.41) is 2.55. The van der Waals surface area contributed by atoms with E-state index in [9.17, 15) is 9.59 Å². The van der Waals surface area contributed by atoms with Gasteiger partial charge in [0.15, 0.2) is 5.78 Å². The van der Waals surface area contributed by atoms with E-state index >= 15 is 0 Å². The summed E-state index contributed by atoms with van der Waals surface area (Å²) in [5.74, 6) is 0.133. The highest BCUT2D eigenvalue weighted by atomic mass is 16.5. The van der Waals surface area contributed by atoms with Gasteiger partial charge in [-0.25, -0.2) is 0 Å². The number of rotatable bonds is 4. The van der Waals surface area contributed by atoms with Gasteiger partial charge in [-0.1, -0.05) is 12.1 Å². The van der Waals surface area contributed by atoms with Crippen LogP contribution >= 0.6 is 0 Å². The number of ether oxygens (including phenoxy) is 1. The van der Waals surface area contributed by atoms with Crippen LogP contribution in [0, 0.1) is 0 Å². The third-order valence-corrected chi connectivity index (χ3v) is 2.19. The maximum atomic E-state index is 12.0. The fraction of sp³-hybridized carbons (Fsp3) is 0.333. The number of amides is 1. The maximum absolute atomic E-state index is 12.0. The topological polar surface area (TPSA) is 55.4 Å². The lowest BCUT2D eigenvalue weighted by atomic mass is 10.0. The molecule has 1 amide bonds. The Labute approximate surface area is 94.6 Å². The molecule has 0 aliphatic carbocycles. The summed E-state index contributed by atoms with van der Waals surface area (Å²) < 4.78 is 5.09. The molecule has 1 N–H and O–H groups in total. The first-order valence-corrected chi connectivity index (χ1v) is 5.00. The van der Waals surface area contributed by atoms with Crippen LogP contribution in [0.25, 0.3) is 0 Å². The van der Waals surface area contributed by atoms with Crippen LogP contribution in [0.2, 0.25) is 0 Å². The fourth-order valence-electron chi connectivity index (χ4n) is 1.45. The lowest BCUT2D eigenvalue weighted by Crippen LogP contribution is -2.37.